The molecule has 1 N–H and O–H groups in total. The Balaban J connectivity index is 2.59. The van der Waals surface area contributed by atoms with Crippen LogP contribution in [0.15, 0.2) is 12.3 Å². The first-order valence-electron chi connectivity index (χ1n) is 6.11. The van der Waals surface area contributed by atoms with Gasteiger partial charge in [-0.15, -0.1) is 11.3 Å². The Kier molecular flexibility index (Phi) is 3.45. The van der Waals surface area contributed by atoms with Crippen LogP contribution < -0.4 is 0 Å². The van der Waals surface area contributed by atoms with Crippen molar-refractivity contribution >= 4 is 17.3 Å². The number of aryl methyl sites for hydroxylation is 1. The van der Waals surface area contributed by atoms with Crippen LogP contribution in [0, 0.1) is 0 Å². The van der Waals surface area contributed by atoms with Gasteiger partial charge >= 0.3 is 5.97 Å². The summed E-state index contributed by atoms with van der Waals surface area (Å²) < 4.78 is 1.82. The highest BCUT2D eigenvalue weighted by molar-refractivity contribution is 7.17. The van der Waals surface area contributed by atoms with Crippen molar-refractivity contribution in [1.82, 2.24) is 14.8 Å². The second-order valence-electron chi connectivity index (χ2n) is 5.28. The normalized spacial score (nSPS) is 11.8. The molecule has 0 fully saturated rings. The number of nitrogens with zero attached hydrogens (tertiary/aromatic N) is 3. The van der Waals surface area contributed by atoms with Crippen molar-refractivity contribution in [2.45, 2.75) is 39.7 Å². The van der Waals surface area contributed by atoms with Gasteiger partial charge in [0.2, 0.25) is 0 Å². The van der Waals surface area contributed by atoms with Gasteiger partial charge in [0.15, 0.2) is 0 Å². The van der Waals surface area contributed by atoms with Gasteiger partial charge in [0.05, 0.1) is 11.4 Å². The standard InChI is InChI=1S/C13H17N3O2S/c1-5-16-8(6-7-14-16)11-15-10(13(2,3)4)9(19-11)12(17)18/h6-7H,5H2,1-4H3,(H,17,18). The minimum atomic E-state index is -0.920. The summed E-state index contributed by atoms with van der Waals surface area (Å²) >= 11 is 1.21. The van der Waals surface area contributed by atoms with Crippen LogP contribution in [0.25, 0.3) is 10.7 Å². The van der Waals surface area contributed by atoms with E-state index in [9.17, 15) is 9.90 Å². The summed E-state index contributed by atoms with van der Waals surface area (Å²) in [6, 6.07) is 1.86. The molecule has 0 saturated heterocycles. The average Bonchev–Trinajstić information content (AvgIpc) is 2.93. The zero-order valence-corrected chi connectivity index (χ0v) is 12.3. The van der Waals surface area contributed by atoms with Gasteiger partial charge in [-0.25, -0.2) is 9.78 Å². The van der Waals surface area contributed by atoms with E-state index >= 15 is 0 Å². The molecule has 0 aliphatic rings. The van der Waals surface area contributed by atoms with Gasteiger partial charge in [-0.05, 0) is 13.0 Å². The predicted molar refractivity (Wildman–Crippen MR) is 74.7 cm³/mol. The molecule has 0 spiro atoms. The highest BCUT2D eigenvalue weighted by atomic mass is 32.1. The van der Waals surface area contributed by atoms with Crippen LogP contribution in [0.3, 0.4) is 0 Å². The van der Waals surface area contributed by atoms with Crippen LogP contribution in [-0.4, -0.2) is 25.8 Å². The molecule has 0 amide bonds. The van der Waals surface area contributed by atoms with E-state index in [0.717, 1.165) is 12.2 Å². The van der Waals surface area contributed by atoms with Crippen molar-refractivity contribution in [3.05, 3.63) is 22.8 Å². The summed E-state index contributed by atoms with van der Waals surface area (Å²) in [7, 11) is 0. The molecule has 0 aliphatic carbocycles. The highest BCUT2D eigenvalue weighted by Crippen LogP contribution is 2.34. The zero-order valence-electron chi connectivity index (χ0n) is 11.5. The van der Waals surface area contributed by atoms with Crippen molar-refractivity contribution in [3.63, 3.8) is 0 Å². The van der Waals surface area contributed by atoms with E-state index in [2.05, 4.69) is 10.1 Å². The lowest BCUT2D eigenvalue weighted by atomic mass is 9.91. The summed E-state index contributed by atoms with van der Waals surface area (Å²) in [5, 5.41) is 14.2. The molecule has 2 rings (SSSR count). The number of carboxylic acids is 1. The van der Waals surface area contributed by atoms with Gasteiger partial charge in [0.25, 0.3) is 0 Å². The van der Waals surface area contributed by atoms with E-state index in [1.165, 1.54) is 11.3 Å². The fourth-order valence-electron chi connectivity index (χ4n) is 1.85. The number of aromatic nitrogens is 3. The second kappa shape index (κ2) is 4.77. The number of carboxylic acid groups (broad SMARTS) is 1. The molecular formula is C13H17N3O2S. The van der Waals surface area contributed by atoms with Crippen molar-refractivity contribution in [2.75, 3.05) is 0 Å². The summed E-state index contributed by atoms with van der Waals surface area (Å²) in [4.78, 5) is 16.2. The fourth-order valence-corrected chi connectivity index (χ4v) is 2.99. The molecule has 2 aromatic heterocycles. The lowest BCUT2D eigenvalue weighted by Gasteiger charge is -2.16. The number of rotatable bonds is 3. The molecule has 0 bridgehead atoms. The van der Waals surface area contributed by atoms with E-state index in [-0.39, 0.29) is 5.41 Å². The Labute approximate surface area is 115 Å². The first kappa shape index (κ1) is 13.7. The third-order valence-electron chi connectivity index (χ3n) is 2.77. The molecule has 0 aromatic carbocycles. The molecule has 102 valence electrons. The maximum absolute atomic E-state index is 11.4. The van der Waals surface area contributed by atoms with E-state index < -0.39 is 5.97 Å². The number of hydrogen-bond acceptors (Lipinski definition) is 4. The molecule has 0 aliphatic heterocycles. The molecule has 2 heterocycles. The maximum atomic E-state index is 11.4. The molecule has 0 unspecified atom stereocenters. The summed E-state index contributed by atoms with van der Waals surface area (Å²) in [5.74, 6) is -0.920. The minimum absolute atomic E-state index is 0.292. The van der Waals surface area contributed by atoms with Crippen LogP contribution in [0.4, 0.5) is 0 Å². The maximum Gasteiger partial charge on any atom is 0.347 e. The quantitative estimate of drug-likeness (QED) is 0.937. The van der Waals surface area contributed by atoms with E-state index in [1.807, 2.05) is 38.4 Å². The topological polar surface area (TPSA) is 68.0 Å². The SMILES string of the molecule is CCn1nccc1-c1nc(C(C)(C)C)c(C(=O)O)s1. The van der Waals surface area contributed by atoms with E-state index in [4.69, 9.17) is 0 Å². The monoisotopic (exact) mass is 279 g/mol. The van der Waals surface area contributed by atoms with Gasteiger partial charge in [0, 0.05) is 18.2 Å². The molecule has 19 heavy (non-hydrogen) atoms. The van der Waals surface area contributed by atoms with E-state index in [0.29, 0.717) is 15.6 Å². The minimum Gasteiger partial charge on any atom is -0.477 e. The number of aromatic carboxylic acids is 1. The number of carbonyl (C=O) groups is 1. The van der Waals surface area contributed by atoms with Crippen molar-refractivity contribution in [1.29, 1.82) is 0 Å². The molecule has 0 atom stereocenters. The smallest absolute Gasteiger partial charge is 0.347 e. The first-order chi connectivity index (χ1) is 8.84. The van der Waals surface area contributed by atoms with Crippen LogP contribution in [0.1, 0.15) is 43.1 Å². The average molecular weight is 279 g/mol. The fraction of sp³-hybridized carbons (Fsp3) is 0.462. The van der Waals surface area contributed by atoms with Gasteiger partial charge in [-0.3, -0.25) is 4.68 Å². The lowest BCUT2D eigenvalue weighted by molar-refractivity contribution is 0.0699. The van der Waals surface area contributed by atoms with Gasteiger partial charge in [0.1, 0.15) is 9.88 Å². The molecule has 0 radical (unpaired) electrons. The predicted octanol–water partition coefficient (Wildman–Crippen LogP) is 3.02. The number of thiazole rings is 1. The molecular weight excluding hydrogens is 262 g/mol. The third kappa shape index (κ3) is 2.53. The van der Waals surface area contributed by atoms with Gasteiger partial charge in [-0.2, -0.15) is 5.10 Å². The molecule has 0 saturated carbocycles. The second-order valence-corrected chi connectivity index (χ2v) is 6.28. The Morgan fingerprint density at radius 2 is 2.16 bits per heavy atom. The molecule has 5 nitrogen and oxygen atoms in total. The van der Waals surface area contributed by atoms with E-state index in [1.54, 1.807) is 6.20 Å². The van der Waals surface area contributed by atoms with Crippen LogP contribution in [0.2, 0.25) is 0 Å². The third-order valence-corrected chi connectivity index (χ3v) is 3.83. The first-order valence-corrected chi connectivity index (χ1v) is 6.93. The Hall–Kier alpha value is -1.69. The van der Waals surface area contributed by atoms with Gasteiger partial charge in [-0.1, -0.05) is 20.8 Å². The van der Waals surface area contributed by atoms with Gasteiger partial charge < -0.3 is 5.11 Å². The van der Waals surface area contributed by atoms with Crippen molar-refractivity contribution in [2.24, 2.45) is 0 Å². The largest absolute Gasteiger partial charge is 0.477 e. The number of hydrogen-bond donors (Lipinski definition) is 1. The Morgan fingerprint density at radius 1 is 1.47 bits per heavy atom. The Bertz CT molecular complexity index is 608. The zero-order chi connectivity index (χ0) is 14.2. The lowest BCUT2D eigenvalue weighted by Crippen LogP contribution is -2.16. The van der Waals surface area contributed by atoms with Crippen LogP contribution >= 0.6 is 11.3 Å². The van der Waals surface area contributed by atoms with Crippen molar-refractivity contribution in [3.8, 4) is 10.7 Å². The summed E-state index contributed by atoms with van der Waals surface area (Å²) in [5.41, 5.74) is 1.20. The highest BCUT2D eigenvalue weighted by Gasteiger charge is 2.27. The van der Waals surface area contributed by atoms with Crippen molar-refractivity contribution < 1.29 is 9.90 Å². The van der Waals surface area contributed by atoms with Crippen LogP contribution in [-0.2, 0) is 12.0 Å². The summed E-state index contributed by atoms with van der Waals surface area (Å²) in [6.45, 7) is 8.63. The Morgan fingerprint density at radius 3 is 2.63 bits per heavy atom. The summed E-state index contributed by atoms with van der Waals surface area (Å²) in [6.07, 6.45) is 1.71. The van der Waals surface area contributed by atoms with Crippen LogP contribution in [0.5, 0.6) is 0 Å². The molecule has 2 aromatic rings. The molecule has 6 heteroatoms.